The molecule has 0 amide bonds. The second-order valence-corrected chi connectivity index (χ2v) is 4.47. The van der Waals surface area contributed by atoms with E-state index in [2.05, 4.69) is 19.1 Å². The Bertz CT molecular complexity index is 180. The van der Waals surface area contributed by atoms with Crippen molar-refractivity contribution in [1.82, 2.24) is 0 Å². The predicted octanol–water partition coefficient (Wildman–Crippen LogP) is 3.30. The summed E-state index contributed by atoms with van der Waals surface area (Å²) in [5.41, 5.74) is 0. The molecule has 0 aromatic rings. The molecular formula is C12H20O. The van der Waals surface area contributed by atoms with Gasteiger partial charge in [0.1, 0.15) is 0 Å². The van der Waals surface area contributed by atoms with Gasteiger partial charge in [0.25, 0.3) is 0 Å². The van der Waals surface area contributed by atoms with E-state index in [1.807, 2.05) is 0 Å². The topological polar surface area (TPSA) is 9.23 Å². The summed E-state index contributed by atoms with van der Waals surface area (Å²) in [7, 11) is 0. The summed E-state index contributed by atoms with van der Waals surface area (Å²) in [6.45, 7) is 2.18. The van der Waals surface area contributed by atoms with Gasteiger partial charge in [0.2, 0.25) is 0 Å². The average Bonchev–Trinajstić information content (AvgIpc) is 2.19. The van der Waals surface area contributed by atoms with E-state index < -0.39 is 0 Å². The molecule has 0 aromatic heterocycles. The van der Waals surface area contributed by atoms with Crippen molar-refractivity contribution in [2.24, 2.45) is 5.92 Å². The Morgan fingerprint density at radius 3 is 2.62 bits per heavy atom. The molecule has 1 aliphatic heterocycles. The molecule has 2 rings (SSSR count). The SMILES string of the molecule is C[C@H]1CC=C[C@@H](C2CCCCC2)O1. The van der Waals surface area contributed by atoms with Crippen molar-refractivity contribution in [2.75, 3.05) is 0 Å². The molecule has 0 N–H and O–H groups in total. The molecule has 1 nitrogen and oxygen atoms in total. The third kappa shape index (κ3) is 2.34. The van der Waals surface area contributed by atoms with E-state index in [1.54, 1.807) is 0 Å². The molecule has 0 radical (unpaired) electrons. The minimum absolute atomic E-state index is 0.434. The molecule has 1 fully saturated rings. The zero-order chi connectivity index (χ0) is 9.10. The van der Waals surface area contributed by atoms with E-state index in [4.69, 9.17) is 4.74 Å². The maximum absolute atomic E-state index is 5.94. The van der Waals surface area contributed by atoms with Gasteiger partial charge >= 0.3 is 0 Å². The van der Waals surface area contributed by atoms with Crippen LogP contribution in [-0.2, 0) is 4.74 Å². The second kappa shape index (κ2) is 4.28. The number of ether oxygens (including phenoxy) is 1. The van der Waals surface area contributed by atoms with Crippen LogP contribution in [0.25, 0.3) is 0 Å². The third-order valence-electron chi connectivity index (χ3n) is 3.30. The summed E-state index contributed by atoms with van der Waals surface area (Å²) in [4.78, 5) is 0. The fraction of sp³-hybridized carbons (Fsp3) is 0.833. The van der Waals surface area contributed by atoms with Gasteiger partial charge in [-0.3, -0.25) is 0 Å². The van der Waals surface area contributed by atoms with Crippen LogP contribution < -0.4 is 0 Å². The number of hydrogen-bond donors (Lipinski definition) is 0. The van der Waals surface area contributed by atoms with Crippen molar-refractivity contribution in [1.29, 1.82) is 0 Å². The van der Waals surface area contributed by atoms with Crippen LogP contribution in [0.2, 0.25) is 0 Å². The zero-order valence-electron chi connectivity index (χ0n) is 8.54. The summed E-state index contributed by atoms with van der Waals surface area (Å²) < 4.78 is 5.94. The van der Waals surface area contributed by atoms with E-state index in [1.165, 1.54) is 32.1 Å². The van der Waals surface area contributed by atoms with Gasteiger partial charge in [-0.25, -0.2) is 0 Å². The molecule has 13 heavy (non-hydrogen) atoms. The molecule has 1 heteroatoms. The molecule has 0 saturated heterocycles. The van der Waals surface area contributed by atoms with E-state index in [0.717, 1.165) is 12.3 Å². The Hall–Kier alpha value is -0.300. The zero-order valence-corrected chi connectivity index (χ0v) is 8.54. The fourth-order valence-electron chi connectivity index (χ4n) is 2.50. The lowest BCUT2D eigenvalue weighted by Crippen LogP contribution is -2.30. The Morgan fingerprint density at radius 1 is 1.15 bits per heavy atom. The minimum atomic E-state index is 0.434. The molecule has 2 aliphatic rings. The van der Waals surface area contributed by atoms with Crippen LogP contribution >= 0.6 is 0 Å². The molecule has 0 aromatic carbocycles. The van der Waals surface area contributed by atoms with Gasteiger partial charge in [-0.1, -0.05) is 31.4 Å². The monoisotopic (exact) mass is 180 g/mol. The highest BCUT2D eigenvalue weighted by Crippen LogP contribution is 2.30. The second-order valence-electron chi connectivity index (χ2n) is 4.47. The molecule has 2 atom stereocenters. The van der Waals surface area contributed by atoms with Crippen molar-refractivity contribution < 1.29 is 4.74 Å². The molecule has 0 spiro atoms. The number of rotatable bonds is 1. The van der Waals surface area contributed by atoms with E-state index in [0.29, 0.717) is 12.2 Å². The molecule has 1 aliphatic carbocycles. The van der Waals surface area contributed by atoms with Crippen LogP contribution in [0.3, 0.4) is 0 Å². The largest absolute Gasteiger partial charge is 0.371 e. The van der Waals surface area contributed by atoms with E-state index in [-0.39, 0.29) is 0 Å². The summed E-state index contributed by atoms with van der Waals surface area (Å²) >= 11 is 0. The van der Waals surface area contributed by atoms with Crippen molar-refractivity contribution in [2.45, 2.75) is 57.7 Å². The first-order chi connectivity index (χ1) is 6.36. The van der Waals surface area contributed by atoms with E-state index in [9.17, 15) is 0 Å². The van der Waals surface area contributed by atoms with Gasteiger partial charge in [-0.15, -0.1) is 0 Å². The first-order valence-electron chi connectivity index (χ1n) is 5.68. The third-order valence-corrected chi connectivity index (χ3v) is 3.30. The summed E-state index contributed by atoms with van der Waals surface area (Å²) in [6, 6.07) is 0. The summed E-state index contributed by atoms with van der Waals surface area (Å²) in [5.74, 6) is 0.813. The molecule has 0 unspecified atom stereocenters. The van der Waals surface area contributed by atoms with Gasteiger partial charge in [0.15, 0.2) is 0 Å². The standard InChI is InChI=1S/C12H20O/c1-10-6-5-9-12(13-10)11-7-3-2-4-8-11/h5,9-12H,2-4,6-8H2,1H3/t10-,12-/m0/s1. The van der Waals surface area contributed by atoms with Gasteiger partial charge in [0.05, 0.1) is 12.2 Å². The van der Waals surface area contributed by atoms with Gasteiger partial charge in [-0.05, 0) is 32.1 Å². The summed E-state index contributed by atoms with van der Waals surface area (Å²) in [6.07, 6.45) is 13.6. The Morgan fingerprint density at radius 2 is 1.92 bits per heavy atom. The van der Waals surface area contributed by atoms with Crippen LogP contribution in [0.5, 0.6) is 0 Å². The van der Waals surface area contributed by atoms with Crippen molar-refractivity contribution in [3.05, 3.63) is 12.2 Å². The normalized spacial score (nSPS) is 36.4. The van der Waals surface area contributed by atoms with Crippen molar-refractivity contribution >= 4 is 0 Å². The molecule has 74 valence electrons. The first kappa shape index (κ1) is 9.26. The van der Waals surface area contributed by atoms with Crippen LogP contribution in [0.1, 0.15) is 45.4 Å². The molecular weight excluding hydrogens is 160 g/mol. The maximum atomic E-state index is 5.94. The smallest absolute Gasteiger partial charge is 0.0787 e. The minimum Gasteiger partial charge on any atom is -0.371 e. The predicted molar refractivity (Wildman–Crippen MR) is 54.7 cm³/mol. The lowest BCUT2D eigenvalue weighted by molar-refractivity contribution is -0.0220. The van der Waals surface area contributed by atoms with Crippen molar-refractivity contribution in [3.63, 3.8) is 0 Å². The van der Waals surface area contributed by atoms with Crippen LogP contribution in [-0.4, -0.2) is 12.2 Å². The quantitative estimate of drug-likeness (QED) is 0.563. The lowest BCUT2D eigenvalue weighted by Gasteiger charge is -2.32. The fourth-order valence-corrected chi connectivity index (χ4v) is 2.50. The molecule has 1 saturated carbocycles. The van der Waals surface area contributed by atoms with Crippen LogP contribution in [0.4, 0.5) is 0 Å². The highest BCUT2D eigenvalue weighted by Gasteiger charge is 2.25. The van der Waals surface area contributed by atoms with E-state index >= 15 is 0 Å². The van der Waals surface area contributed by atoms with Crippen LogP contribution in [0, 0.1) is 5.92 Å². The van der Waals surface area contributed by atoms with Crippen molar-refractivity contribution in [3.8, 4) is 0 Å². The Kier molecular flexibility index (Phi) is 3.05. The van der Waals surface area contributed by atoms with Crippen LogP contribution in [0.15, 0.2) is 12.2 Å². The Balaban J connectivity index is 1.91. The van der Waals surface area contributed by atoms with Gasteiger partial charge in [0, 0.05) is 0 Å². The molecule has 1 heterocycles. The van der Waals surface area contributed by atoms with Gasteiger partial charge < -0.3 is 4.74 Å². The summed E-state index contributed by atoms with van der Waals surface area (Å²) in [5, 5.41) is 0. The number of hydrogen-bond acceptors (Lipinski definition) is 1. The molecule has 0 bridgehead atoms. The maximum Gasteiger partial charge on any atom is 0.0787 e. The lowest BCUT2D eigenvalue weighted by atomic mass is 9.84. The highest BCUT2D eigenvalue weighted by atomic mass is 16.5. The average molecular weight is 180 g/mol. The first-order valence-corrected chi connectivity index (χ1v) is 5.68. The Labute approximate surface area is 81.2 Å². The van der Waals surface area contributed by atoms with Gasteiger partial charge in [-0.2, -0.15) is 0 Å². The highest BCUT2D eigenvalue weighted by molar-refractivity contribution is 4.98.